The van der Waals surface area contributed by atoms with E-state index in [4.69, 9.17) is 11.6 Å². The van der Waals surface area contributed by atoms with Crippen molar-refractivity contribution in [2.24, 2.45) is 5.92 Å². The molecule has 0 saturated heterocycles. The van der Waals surface area contributed by atoms with Crippen molar-refractivity contribution >= 4 is 23.4 Å². The first kappa shape index (κ1) is 16.8. The Morgan fingerprint density at radius 1 is 1.32 bits per heavy atom. The maximum Gasteiger partial charge on any atom is 0.0417 e. The molecule has 0 amide bonds. The van der Waals surface area contributed by atoms with Crippen molar-refractivity contribution < 1.29 is 0 Å². The van der Waals surface area contributed by atoms with E-state index in [0.29, 0.717) is 5.92 Å². The molecule has 0 aromatic heterocycles. The minimum absolute atomic E-state index is 0.678. The van der Waals surface area contributed by atoms with Crippen LogP contribution in [0, 0.1) is 5.92 Å². The molecule has 0 fully saturated rings. The van der Waals surface area contributed by atoms with Gasteiger partial charge in [0.25, 0.3) is 0 Å². The lowest BCUT2D eigenvalue weighted by molar-refractivity contribution is 0.437. The van der Waals surface area contributed by atoms with Gasteiger partial charge in [0.15, 0.2) is 0 Å². The molecule has 4 heteroatoms. The fourth-order valence-electron chi connectivity index (χ4n) is 1.64. The van der Waals surface area contributed by atoms with Crippen LogP contribution in [0.4, 0.5) is 0 Å². The summed E-state index contributed by atoms with van der Waals surface area (Å²) in [5, 5.41) is 4.31. The number of thioether (sulfide) groups is 1. The Labute approximate surface area is 126 Å². The standard InChI is InChI=1S/C15H25ClN2S/c1-12(2)10-17-11-13-5-6-14(16)9-15(13)19-8-7-18(3)4/h5-6,9,12,17H,7-8,10-11H2,1-4H3. The second-order valence-electron chi connectivity index (χ2n) is 5.43. The minimum Gasteiger partial charge on any atom is -0.312 e. The molecular weight excluding hydrogens is 276 g/mol. The first-order chi connectivity index (χ1) is 8.99. The van der Waals surface area contributed by atoms with Crippen LogP contribution in [0.3, 0.4) is 0 Å². The van der Waals surface area contributed by atoms with E-state index in [1.165, 1.54) is 10.5 Å². The molecule has 0 bridgehead atoms. The number of nitrogens with one attached hydrogen (secondary N) is 1. The SMILES string of the molecule is CC(C)CNCc1ccc(Cl)cc1SCCN(C)C. The molecule has 1 aromatic rings. The monoisotopic (exact) mass is 300 g/mol. The highest BCUT2D eigenvalue weighted by Crippen LogP contribution is 2.26. The maximum absolute atomic E-state index is 6.10. The van der Waals surface area contributed by atoms with E-state index in [-0.39, 0.29) is 0 Å². The number of halogens is 1. The van der Waals surface area contributed by atoms with Gasteiger partial charge >= 0.3 is 0 Å². The zero-order valence-corrected chi connectivity index (χ0v) is 13.9. The molecule has 0 aliphatic rings. The van der Waals surface area contributed by atoms with Gasteiger partial charge in [-0.05, 0) is 44.3 Å². The summed E-state index contributed by atoms with van der Waals surface area (Å²) in [6.07, 6.45) is 0. The lowest BCUT2D eigenvalue weighted by atomic mass is 10.2. The van der Waals surface area contributed by atoms with Gasteiger partial charge in [0.2, 0.25) is 0 Å². The topological polar surface area (TPSA) is 15.3 Å². The summed E-state index contributed by atoms with van der Waals surface area (Å²) >= 11 is 7.98. The van der Waals surface area contributed by atoms with Gasteiger partial charge in [-0.25, -0.2) is 0 Å². The molecule has 108 valence electrons. The molecule has 0 radical (unpaired) electrons. The van der Waals surface area contributed by atoms with Gasteiger partial charge in [0.05, 0.1) is 0 Å². The molecule has 19 heavy (non-hydrogen) atoms. The number of hydrogen-bond acceptors (Lipinski definition) is 3. The predicted octanol–water partition coefficient (Wildman–Crippen LogP) is 3.74. The average molecular weight is 301 g/mol. The summed E-state index contributed by atoms with van der Waals surface area (Å²) in [5.74, 6) is 1.77. The molecule has 0 unspecified atom stereocenters. The molecule has 0 aliphatic heterocycles. The molecule has 0 saturated carbocycles. The summed E-state index contributed by atoms with van der Waals surface area (Å²) < 4.78 is 0. The molecule has 0 spiro atoms. The second-order valence-corrected chi connectivity index (χ2v) is 7.00. The van der Waals surface area contributed by atoms with Crippen molar-refractivity contribution in [1.82, 2.24) is 10.2 Å². The van der Waals surface area contributed by atoms with Gasteiger partial charge < -0.3 is 10.2 Å². The fourth-order valence-corrected chi connectivity index (χ4v) is 3.09. The van der Waals surface area contributed by atoms with Gasteiger partial charge in [0.1, 0.15) is 0 Å². The van der Waals surface area contributed by atoms with Crippen molar-refractivity contribution in [3.63, 3.8) is 0 Å². The van der Waals surface area contributed by atoms with E-state index in [9.17, 15) is 0 Å². The maximum atomic E-state index is 6.10. The van der Waals surface area contributed by atoms with Crippen LogP contribution >= 0.6 is 23.4 Å². The van der Waals surface area contributed by atoms with Crippen molar-refractivity contribution in [3.8, 4) is 0 Å². The van der Waals surface area contributed by atoms with Crippen LogP contribution in [0.1, 0.15) is 19.4 Å². The van der Waals surface area contributed by atoms with Crippen molar-refractivity contribution in [3.05, 3.63) is 28.8 Å². The summed E-state index contributed by atoms with van der Waals surface area (Å²) in [4.78, 5) is 3.50. The Morgan fingerprint density at radius 2 is 2.05 bits per heavy atom. The van der Waals surface area contributed by atoms with E-state index >= 15 is 0 Å². The van der Waals surface area contributed by atoms with Crippen LogP contribution in [0.15, 0.2) is 23.1 Å². The normalized spacial score (nSPS) is 11.5. The summed E-state index contributed by atoms with van der Waals surface area (Å²) in [7, 11) is 4.20. The van der Waals surface area contributed by atoms with Gasteiger partial charge in [-0.15, -0.1) is 11.8 Å². The largest absolute Gasteiger partial charge is 0.312 e. The second kappa shape index (κ2) is 8.85. The lowest BCUT2D eigenvalue weighted by Gasteiger charge is -2.13. The van der Waals surface area contributed by atoms with Crippen LogP contribution in [0.5, 0.6) is 0 Å². The Hall–Kier alpha value is -0.220. The van der Waals surface area contributed by atoms with E-state index in [1.54, 1.807) is 0 Å². The van der Waals surface area contributed by atoms with Gasteiger partial charge in [0, 0.05) is 28.8 Å². The van der Waals surface area contributed by atoms with Crippen LogP contribution in [-0.4, -0.2) is 37.8 Å². The highest BCUT2D eigenvalue weighted by Gasteiger charge is 2.05. The number of benzene rings is 1. The first-order valence-corrected chi connectivity index (χ1v) is 8.12. The Balaban J connectivity index is 2.58. The number of nitrogens with zero attached hydrogens (tertiary/aromatic N) is 1. The molecular formula is C15H25ClN2S. The molecule has 1 N–H and O–H groups in total. The highest BCUT2D eigenvalue weighted by atomic mass is 35.5. The number of rotatable bonds is 8. The van der Waals surface area contributed by atoms with E-state index in [0.717, 1.165) is 30.4 Å². The molecule has 0 heterocycles. The Kier molecular flexibility index (Phi) is 7.84. The van der Waals surface area contributed by atoms with Crippen molar-refractivity contribution in [2.75, 3.05) is 32.9 Å². The van der Waals surface area contributed by atoms with E-state index in [2.05, 4.69) is 50.3 Å². The van der Waals surface area contributed by atoms with E-state index in [1.807, 2.05) is 17.8 Å². The van der Waals surface area contributed by atoms with Crippen molar-refractivity contribution in [2.45, 2.75) is 25.3 Å². The van der Waals surface area contributed by atoms with Crippen LogP contribution in [0.2, 0.25) is 5.02 Å². The molecule has 0 aliphatic carbocycles. The Morgan fingerprint density at radius 3 is 2.68 bits per heavy atom. The molecule has 0 atom stereocenters. The first-order valence-electron chi connectivity index (χ1n) is 6.75. The highest BCUT2D eigenvalue weighted by molar-refractivity contribution is 7.99. The third-order valence-corrected chi connectivity index (χ3v) is 4.01. The predicted molar refractivity (Wildman–Crippen MR) is 87.3 cm³/mol. The molecule has 2 nitrogen and oxygen atoms in total. The summed E-state index contributed by atoms with van der Waals surface area (Å²) in [5.41, 5.74) is 1.34. The smallest absolute Gasteiger partial charge is 0.0417 e. The Bertz CT molecular complexity index is 380. The third-order valence-electron chi connectivity index (χ3n) is 2.69. The molecule has 1 rings (SSSR count). The quantitative estimate of drug-likeness (QED) is 0.736. The lowest BCUT2D eigenvalue weighted by Crippen LogP contribution is -2.19. The minimum atomic E-state index is 0.678. The van der Waals surface area contributed by atoms with Crippen LogP contribution in [0.25, 0.3) is 0 Å². The third kappa shape index (κ3) is 7.21. The molecule has 1 aromatic carbocycles. The number of hydrogen-bond donors (Lipinski definition) is 1. The van der Waals surface area contributed by atoms with Gasteiger partial charge in [-0.1, -0.05) is 31.5 Å². The van der Waals surface area contributed by atoms with E-state index < -0.39 is 0 Å². The zero-order chi connectivity index (χ0) is 14.3. The van der Waals surface area contributed by atoms with Crippen LogP contribution in [-0.2, 0) is 6.54 Å². The van der Waals surface area contributed by atoms with Crippen molar-refractivity contribution in [1.29, 1.82) is 0 Å². The summed E-state index contributed by atoms with van der Waals surface area (Å²) in [6, 6.07) is 6.19. The zero-order valence-electron chi connectivity index (χ0n) is 12.4. The fraction of sp³-hybridized carbons (Fsp3) is 0.600. The van der Waals surface area contributed by atoms with Gasteiger partial charge in [-0.3, -0.25) is 0 Å². The van der Waals surface area contributed by atoms with Gasteiger partial charge in [-0.2, -0.15) is 0 Å². The van der Waals surface area contributed by atoms with Crippen LogP contribution < -0.4 is 5.32 Å². The summed E-state index contributed by atoms with van der Waals surface area (Å²) in [6.45, 7) is 7.49. The average Bonchev–Trinajstić information content (AvgIpc) is 2.31.